The Balaban J connectivity index is 2.59. The minimum absolute atomic E-state index is 0.112. The van der Waals surface area contributed by atoms with Gasteiger partial charge in [-0.15, -0.1) is 0 Å². The number of carboxylic acid groups (broad SMARTS) is 1. The van der Waals surface area contributed by atoms with Crippen molar-refractivity contribution in [1.29, 1.82) is 0 Å². The number of benzene rings is 1. The number of esters is 1. The monoisotopic (exact) mass is 337 g/mol. The predicted molar refractivity (Wildman–Crippen MR) is 85.8 cm³/mol. The maximum atomic E-state index is 12.2. The number of rotatable bonds is 9. The summed E-state index contributed by atoms with van der Waals surface area (Å²) in [6.45, 7) is 2.90. The summed E-state index contributed by atoms with van der Waals surface area (Å²) in [7, 11) is 0. The van der Waals surface area contributed by atoms with Crippen LogP contribution in [0.25, 0.3) is 0 Å². The summed E-state index contributed by atoms with van der Waals surface area (Å²) < 4.78 is 5.15. The first-order valence-electron chi connectivity index (χ1n) is 7.68. The van der Waals surface area contributed by atoms with E-state index < -0.39 is 36.4 Å². The van der Waals surface area contributed by atoms with Crippen LogP contribution in [0.15, 0.2) is 30.3 Å². The minimum Gasteiger partial charge on any atom is -0.480 e. The maximum Gasteiger partial charge on any atom is 0.328 e. The van der Waals surface area contributed by atoms with Crippen molar-refractivity contribution in [2.45, 2.75) is 32.9 Å². The number of nitrogens with one attached hydrogen (secondary N) is 1. The summed E-state index contributed by atoms with van der Waals surface area (Å²) in [5.74, 6) is -3.39. The van der Waals surface area contributed by atoms with Gasteiger partial charge < -0.3 is 20.3 Å². The van der Waals surface area contributed by atoms with Crippen LogP contribution in [-0.2, 0) is 25.7 Å². The van der Waals surface area contributed by atoms with E-state index in [1.54, 1.807) is 13.8 Å². The molecule has 24 heavy (non-hydrogen) atoms. The average Bonchev–Trinajstić information content (AvgIpc) is 2.55. The number of aliphatic hydroxyl groups is 1. The van der Waals surface area contributed by atoms with Crippen molar-refractivity contribution in [3.8, 4) is 0 Å². The normalized spacial score (nSPS) is 13.2. The van der Waals surface area contributed by atoms with E-state index in [1.807, 2.05) is 30.3 Å². The van der Waals surface area contributed by atoms with Gasteiger partial charge in [0, 0.05) is 0 Å². The van der Waals surface area contributed by atoms with E-state index in [1.165, 1.54) is 0 Å². The van der Waals surface area contributed by atoms with Crippen LogP contribution in [0.2, 0.25) is 0 Å². The number of aliphatic carboxylic acids is 1. The van der Waals surface area contributed by atoms with Crippen LogP contribution in [-0.4, -0.2) is 40.7 Å². The number of ether oxygens (including phenoxy) is 1. The molecule has 1 aromatic rings. The molecule has 0 aliphatic carbocycles. The summed E-state index contributed by atoms with van der Waals surface area (Å²) >= 11 is 0. The van der Waals surface area contributed by atoms with Crippen molar-refractivity contribution < 1.29 is 29.3 Å². The molecule has 7 nitrogen and oxygen atoms in total. The Morgan fingerprint density at radius 2 is 1.79 bits per heavy atom. The molecule has 0 radical (unpaired) electrons. The Labute approximate surface area is 140 Å². The van der Waals surface area contributed by atoms with Gasteiger partial charge in [-0.3, -0.25) is 9.59 Å². The molecule has 0 saturated carbocycles. The van der Waals surface area contributed by atoms with Gasteiger partial charge in [-0.2, -0.15) is 0 Å². The van der Waals surface area contributed by atoms with Crippen molar-refractivity contribution in [3.63, 3.8) is 0 Å². The molecule has 0 aliphatic heterocycles. The molecule has 0 aromatic heterocycles. The Morgan fingerprint density at radius 1 is 1.17 bits per heavy atom. The van der Waals surface area contributed by atoms with Gasteiger partial charge in [0.2, 0.25) is 5.91 Å². The van der Waals surface area contributed by atoms with Gasteiger partial charge in [-0.25, -0.2) is 4.79 Å². The molecular formula is C17H23NO6. The van der Waals surface area contributed by atoms with Crippen LogP contribution in [0.1, 0.15) is 25.8 Å². The number of hydrogen-bond donors (Lipinski definition) is 3. The summed E-state index contributed by atoms with van der Waals surface area (Å²) in [6.07, 6.45) is -0.159. The predicted octanol–water partition coefficient (Wildman–Crippen LogP) is 0.954. The Kier molecular flexibility index (Phi) is 7.91. The lowest BCUT2D eigenvalue weighted by atomic mass is 9.91. The third kappa shape index (κ3) is 6.37. The highest BCUT2D eigenvalue weighted by molar-refractivity contribution is 5.87. The second-order valence-electron chi connectivity index (χ2n) is 5.78. The topological polar surface area (TPSA) is 113 Å². The molecule has 132 valence electrons. The van der Waals surface area contributed by atoms with Crippen LogP contribution < -0.4 is 5.32 Å². The molecule has 0 heterocycles. The van der Waals surface area contributed by atoms with Gasteiger partial charge in [-0.1, -0.05) is 44.2 Å². The Morgan fingerprint density at radius 3 is 2.29 bits per heavy atom. The number of carbonyl (C=O) groups excluding carboxylic acids is 2. The average molecular weight is 337 g/mol. The van der Waals surface area contributed by atoms with Crippen molar-refractivity contribution in [1.82, 2.24) is 5.32 Å². The van der Waals surface area contributed by atoms with Gasteiger partial charge in [0.25, 0.3) is 0 Å². The van der Waals surface area contributed by atoms with E-state index >= 15 is 0 Å². The molecule has 0 unspecified atom stereocenters. The van der Waals surface area contributed by atoms with E-state index in [0.29, 0.717) is 0 Å². The van der Waals surface area contributed by atoms with Crippen molar-refractivity contribution in [2.24, 2.45) is 11.8 Å². The van der Waals surface area contributed by atoms with Gasteiger partial charge in [0.1, 0.15) is 12.6 Å². The Bertz CT molecular complexity index is 557. The number of carbonyl (C=O) groups is 3. The fraction of sp³-hybridized carbons (Fsp3) is 0.471. The Hall–Kier alpha value is -2.41. The SMILES string of the molecule is CC(C)[C@H](CC(=O)OCc1ccccc1)C(=O)N[C@@H](CO)C(=O)O. The van der Waals surface area contributed by atoms with Crippen LogP contribution in [0.4, 0.5) is 0 Å². The second kappa shape index (κ2) is 9.67. The van der Waals surface area contributed by atoms with Crippen LogP contribution in [0.3, 0.4) is 0 Å². The van der Waals surface area contributed by atoms with E-state index in [4.69, 9.17) is 14.9 Å². The fourth-order valence-corrected chi connectivity index (χ4v) is 2.07. The first-order valence-corrected chi connectivity index (χ1v) is 7.68. The molecule has 0 fully saturated rings. The zero-order valence-corrected chi connectivity index (χ0v) is 13.8. The summed E-state index contributed by atoms with van der Waals surface area (Å²) in [5.41, 5.74) is 0.836. The zero-order valence-electron chi connectivity index (χ0n) is 13.8. The smallest absolute Gasteiger partial charge is 0.328 e. The maximum absolute atomic E-state index is 12.2. The number of carboxylic acids is 1. The first kappa shape index (κ1) is 19.6. The first-order chi connectivity index (χ1) is 11.3. The van der Waals surface area contributed by atoms with E-state index in [0.717, 1.165) is 5.56 Å². The lowest BCUT2D eigenvalue weighted by Gasteiger charge is -2.21. The molecule has 1 rings (SSSR count). The van der Waals surface area contributed by atoms with Crippen LogP contribution in [0, 0.1) is 11.8 Å². The highest BCUT2D eigenvalue weighted by Crippen LogP contribution is 2.17. The van der Waals surface area contributed by atoms with Gasteiger partial charge in [0.15, 0.2) is 0 Å². The summed E-state index contributed by atoms with van der Waals surface area (Å²) in [6, 6.07) is 7.75. The lowest BCUT2D eigenvalue weighted by molar-refractivity contribution is -0.149. The highest BCUT2D eigenvalue weighted by atomic mass is 16.5. The molecule has 0 saturated heterocycles. The molecule has 0 bridgehead atoms. The van der Waals surface area contributed by atoms with E-state index in [-0.39, 0.29) is 18.9 Å². The van der Waals surface area contributed by atoms with Gasteiger partial charge >= 0.3 is 11.9 Å². The van der Waals surface area contributed by atoms with Gasteiger partial charge in [0.05, 0.1) is 18.9 Å². The molecule has 2 atom stereocenters. The summed E-state index contributed by atoms with van der Waals surface area (Å²) in [4.78, 5) is 35.0. The van der Waals surface area contributed by atoms with E-state index in [9.17, 15) is 14.4 Å². The second-order valence-corrected chi connectivity index (χ2v) is 5.78. The third-order valence-electron chi connectivity index (χ3n) is 3.57. The van der Waals surface area contributed by atoms with E-state index in [2.05, 4.69) is 5.32 Å². The van der Waals surface area contributed by atoms with Crippen molar-refractivity contribution in [3.05, 3.63) is 35.9 Å². The lowest BCUT2D eigenvalue weighted by Crippen LogP contribution is -2.47. The number of aliphatic hydroxyl groups excluding tert-OH is 1. The number of hydrogen-bond acceptors (Lipinski definition) is 5. The largest absolute Gasteiger partial charge is 0.480 e. The molecule has 1 amide bonds. The van der Waals surface area contributed by atoms with Crippen LogP contribution >= 0.6 is 0 Å². The zero-order chi connectivity index (χ0) is 18.1. The molecule has 3 N–H and O–H groups in total. The van der Waals surface area contributed by atoms with Crippen LogP contribution in [0.5, 0.6) is 0 Å². The molecule has 1 aromatic carbocycles. The fourth-order valence-electron chi connectivity index (χ4n) is 2.07. The highest BCUT2D eigenvalue weighted by Gasteiger charge is 2.29. The molecule has 7 heteroatoms. The molecule has 0 aliphatic rings. The van der Waals surface area contributed by atoms with Gasteiger partial charge in [-0.05, 0) is 11.5 Å². The van der Waals surface area contributed by atoms with Crippen molar-refractivity contribution >= 4 is 17.8 Å². The number of amides is 1. The standard InChI is InChI=1S/C17H23NO6/c1-11(2)13(16(21)18-14(9-19)17(22)23)8-15(20)24-10-12-6-4-3-5-7-12/h3-7,11,13-14,19H,8-10H2,1-2H3,(H,18,21)(H,22,23)/t13-,14-/m0/s1. The minimum atomic E-state index is -1.39. The summed E-state index contributed by atoms with van der Waals surface area (Å²) in [5, 5.41) is 20.1. The molecular weight excluding hydrogens is 314 g/mol. The van der Waals surface area contributed by atoms with Crippen molar-refractivity contribution in [2.75, 3.05) is 6.61 Å². The quantitative estimate of drug-likeness (QED) is 0.578. The molecule has 0 spiro atoms. The third-order valence-corrected chi connectivity index (χ3v) is 3.57.